The molecule has 0 fully saturated rings. The zero-order valence-corrected chi connectivity index (χ0v) is 14.9. The summed E-state index contributed by atoms with van der Waals surface area (Å²) in [5, 5.41) is 8.99. The van der Waals surface area contributed by atoms with Gasteiger partial charge in [-0.3, -0.25) is 14.4 Å². The van der Waals surface area contributed by atoms with Crippen molar-refractivity contribution in [1.29, 1.82) is 0 Å². The van der Waals surface area contributed by atoms with Crippen molar-refractivity contribution in [2.24, 2.45) is 5.10 Å². The number of nitrogens with one attached hydrogen (secondary N) is 3. The van der Waals surface area contributed by atoms with Crippen molar-refractivity contribution in [2.75, 3.05) is 12.1 Å². The largest absolute Gasteiger partial charge is 0.454 e. The van der Waals surface area contributed by atoms with Gasteiger partial charge in [-0.25, -0.2) is 5.43 Å². The number of amides is 3. The predicted molar refractivity (Wildman–Crippen MR) is 95.0 cm³/mol. The minimum absolute atomic E-state index is 0.0400. The lowest BCUT2D eigenvalue weighted by Gasteiger charge is -2.10. The molecule has 0 unspecified atom stereocenters. The van der Waals surface area contributed by atoms with Gasteiger partial charge in [-0.05, 0) is 32.4 Å². The van der Waals surface area contributed by atoms with Crippen LogP contribution in [0.5, 0.6) is 11.5 Å². The van der Waals surface area contributed by atoms with E-state index in [-0.39, 0.29) is 25.2 Å². The molecule has 0 saturated heterocycles. The lowest BCUT2D eigenvalue weighted by Crippen LogP contribution is -2.42. The van der Waals surface area contributed by atoms with E-state index in [9.17, 15) is 14.4 Å². The molecule has 1 aliphatic rings. The molecule has 26 heavy (non-hydrogen) atoms. The number of fused-ring (bicyclic) bond motifs is 1. The molecule has 0 spiro atoms. The number of anilines is 1. The van der Waals surface area contributed by atoms with Gasteiger partial charge in [0.25, 0.3) is 0 Å². The lowest BCUT2D eigenvalue weighted by molar-refractivity contribution is -0.139. The molecular formula is C17H22N4O5. The van der Waals surface area contributed by atoms with E-state index >= 15 is 0 Å². The van der Waals surface area contributed by atoms with Gasteiger partial charge >= 0.3 is 11.8 Å². The van der Waals surface area contributed by atoms with Crippen LogP contribution >= 0.6 is 0 Å². The van der Waals surface area contributed by atoms with Crippen LogP contribution in [0.25, 0.3) is 0 Å². The normalized spacial score (nSPS) is 13.7. The van der Waals surface area contributed by atoms with Crippen LogP contribution in [0.15, 0.2) is 23.3 Å². The Kier molecular flexibility index (Phi) is 6.54. The van der Waals surface area contributed by atoms with E-state index in [4.69, 9.17) is 9.47 Å². The summed E-state index contributed by atoms with van der Waals surface area (Å²) in [4.78, 5) is 35.2. The van der Waals surface area contributed by atoms with Gasteiger partial charge in [0.05, 0.1) is 6.42 Å². The van der Waals surface area contributed by atoms with Crippen molar-refractivity contribution in [3.8, 4) is 11.5 Å². The summed E-state index contributed by atoms with van der Waals surface area (Å²) in [6.07, 6.45) is 0.670. The van der Waals surface area contributed by atoms with Crippen molar-refractivity contribution in [3.63, 3.8) is 0 Å². The summed E-state index contributed by atoms with van der Waals surface area (Å²) in [5.41, 5.74) is 3.05. The Morgan fingerprint density at radius 2 is 1.92 bits per heavy atom. The van der Waals surface area contributed by atoms with Crippen molar-refractivity contribution >= 4 is 29.1 Å². The molecule has 0 radical (unpaired) electrons. The van der Waals surface area contributed by atoms with Crippen LogP contribution in [0.2, 0.25) is 0 Å². The molecule has 0 aromatic heterocycles. The molecule has 1 aliphatic heterocycles. The Morgan fingerprint density at radius 3 is 2.65 bits per heavy atom. The molecule has 1 aromatic rings. The highest BCUT2D eigenvalue weighted by Gasteiger charge is 2.16. The van der Waals surface area contributed by atoms with E-state index in [1.807, 2.05) is 6.92 Å². The second-order valence-electron chi connectivity index (χ2n) is 5.86. The summed E-state index contributed by atoms with van der Waals surface area (Å²) < 4.78 is 10.4. The monoisotopic (exact) mass is 362 g/mol. The first-order chi connectivity index (χ1) is 12.4. The van der Waals surface area contributed by atoms with Crippen LogP contribution in [-0.2, 0) is 14.4 Å². The van der Waals surface area contributed by atoms with Gasteiger partial charge in [0.1, 0.15) is 0 Å². The van der Waals surface area contributed by atoms with Crippen LogP contribution in [0.3, 0.4) is 0 Å². The molecule has 0 saturated carbocycles. The third-order valence-electron chi connectivity index (χ3n) is 3.62. The first-order valence-corrected chi connectivity index (χ1v) is 8.22. The van der Waals surface area contributed by atoms with E-state index in [1.54, 1.807) is 32.0 Å². The molecule has 0 bridgehead atoms. The summed E-state index contributed by atoms with van der Waals surface area (Å²) in [5.74, 6) is -0.767. The van der Waals surface area contributed by atoms with Gasteiger partial charge in [0, 0.05) is 23.5 Å². The van der Waals surface area contributed by atoms with Gasteiger partial charge in [-0.1, -0.05) is 6.92 Å². The first kappa shape index (κ1) is 19.2. The Hall–Kier alpha value is -3.10. The smallest absolute Gasteiger partial charge is 0.329 e. The molecule has 1 atom stereocenters. The fourth-order valence-electron chi connectivity index (χ4n) is 2.04. The third kappa shape index (κ3) is 5.47. The maximum Gasteiger partial charge on any atom is 0.329 e. The third-order valence-corrected chi connectivity index (χ3v) is 3.62. The summed E-state index contributed by atoms with van der Waals surface area (Å²) >= 11 is 0. The van der Waals surface area contributed by atoms with Gasteiger partial charge in [-0.2, -0.15) is 5.10 Å². The van der Waals surface area contributed by atoms with E-state index in [1.165, 1.54) is 0 Å². The van der Waals surface area contributed by atoms with Crippen LogP contribution in [0.1, 0.15) is 33.6 Å². The number of ether oxygens (including phenoxy) is 2. The Morgan fingerprint density at radius 1 is 1.19 bits per heavy atom. The van der Waals surface area contributed by atoms with E-state index in [0.29, 0.717) is 29.3 Å². The van der Waals surface area contributed by atoms with Crippen LogP contribution in [0.4, 0.5) is 5.69 Å². The SMILES string of the molecule is CC[C@@H](C)NC(=O)C(=O)N/N=C(/C)CC(=O)Nc1ccc2c(c1)OCO2. The Balaban J connectivity index is 1.81. The average Bonchev–Trinajstić information content (AvgIpc) is 3.06. The number of rotatable bonds is 6. The number of hydrogen-bond acceptors (Lipinski definition) is 6. The number of benzene rings is 1. The topological polar surface area (TPSA) is 118 Å². The molecule has 9 heteroatoms. The van der Waals surface area contributed by atoms with Gasteiger partial charge in [0.15, 0.2) is 11.5 Å². The quantitative estimate of drug-likeness (QED) is 0.399. The lowest BCUT2D eigenvalue weighted by atomic mass is 10.2. The first-order valence-electron chi connectivity index (χ1n) is 8.22. The summed E-state index contributed by atoms with van der Waals surface area (Å²) in [6.45, 7) is 5.42. The average molecular weight is 362 g/mol. The molecule has 140 valence electrons. The van der Waals surface area contributed by atoms with Crippen LogP contribution < -0.4 is 25.5 Å². The van der Waals surface area contributed by atoms with Crippen molar-refractivity contribution < 1.29 is 23.9 Å². The van der Waals surface area contributed by atoms with E-state index in [0.717, 1.165) is 0 Å². The van der Waals surface area contributed by atoms with Gasteiger partial charge in [-0.15, -0.1) is 0 Å². The van der Waals surface area contributed by atoms with Crippen LogP contribution in [-0.4, -0.2) is 36.3 Å². The second-order valence-corrected chi connectivity index (χ2v) is 5.86. The standard InChI is InChI=1S/C17H22N4O5/c1-4-10(2)18-16(23)17(24)21-20-11(3)7-15(22)19-12-5-6-13-14(8-12)26-9-25-13/h5-6,8,10H,4,7,9H2,1-3H3,(H,18,23)(H,19,22)(H,21,24)/b20-11-/t10-/m1/s1. The van der Waals surface area contributed by atoms with E-state index in [2.05, 4.69) is 21.2 Å². The molecule has 2 rings (SSSR count). The molecule has 0 aliphatic carbocycles. The molecule has 1 aromatic carbocycles. The highest BCUT2D eigenvalue weighted by atomic mass is 16.7. The maximum atomic E-state index is 12.0. The van der Waals surface area contributed by atoms with Gasteiger partial charge < -0.3 is 20.1 Å². The van der Waals surface area contributed by atoms with Crippen molar-refractivity contribution in [1.82, 2.24) is 10.7 Å². The fourth-order valence-corrected chi connectivity index (χ4v) is 2.04. The van der Waals surface area contributed by atoms with Crippen LogP contribution in [0, 0.1) is 0 Å². The highest BCUT2D eigenvalue weighted by Crippen LogP contribution is 2.34. The number of nitrogens with zero attached hydrogens (tertiary/aromatic N) is 1. The number of carbonyl (C=O) groups excluding carboxylic acids is 3. The zero-order chi connectivity index (χ0) is 19.1. The molecule has 1 heterocycles. The number of hydrazone groups is 1. The molecular weight excluding hydrogens is 340 g/mol. The van der Waals surface area contributed by atoms with E-state index < -0.39 is 11.8 Å². The molecule has 3 N–H and O–H groups in total. The summed E-state index contributed by atoms with van der Waals surface area (Å²) in [6, 6.07) is 4.95. The Bertz CT molecular complexity index is 732. The zero-order valence-electron chi connectivity index (χ0n) is 14.9. The second kappa shape index (κ2) is 8.84. The minimum Gasteiger partial charge on any atom is -0.454 e. The molecule has 3 amide bonds. The van der Waals surface area contributed by atoms with Gasteiger partial charge in [0.2, 0.25) is 12.7 Å². The highest BCUT2D eigenvalue weighted by molar-refractivity contribution is 6.35. The van der Waals surface area contributed by atoms with Crippen molar-refractivity contribution in [3.05, 3.63) is 18.2 Å². The number of hydrogen-bond donors (Lipinski definition) is 3. The fraction of sp³-hybridized carbons (Fsp3) is 0.412. The van der Waals surface area contributed by atoms with Crippen molar-refractivity contribution in [2.45, 2.75) is 39.7 Å². The molecule has 9 nitrogen and oxygen atoms in total. The summed E-state index contributed by atoms with van der Waals surface area (Å²) in [7, 11) is 0. The number of carbonyl (C=O) groups is 3. The predicted octanol–water partition coefficient (Wildman–Crippen LogP) is 1.15. The maximum absolute atomic E-state index is 12.0. The minimum atomic E-state index is -0.874. The Labute approximate surface area is 151 Å².